The van der Waals surface area contributed by atoms with Gasteiger partial charge < -0.3 is 14.8 Å². The molecule has 0 unspecified atom stereocenters. The number of hydrogen-bond donors (Lipinski definition) is 2. The molecule has 0 radical (unpaired) electrons. The molecule has 2 aromatic rings. The number of aromatic nitrogens is 2. The van der Waals surface area contributed by atoms with E-state index in [1.807, 2.05) is 12.1 Å². The smallest absolute Gasteiger partial charge is 0.348 e. The molecule has 0 saturated carbocycles. The van der Waals surface area contributed by atoms with Crippen LogP contribution in [0.5, 0.6) is 5.75 Å². The maximum atomic E-state index is 12.0. The molecule has 6 heteroatoms. The Bertz CT molecular complexity index is 749. The number of aliphatic carboxylic acids is 1. The van der Waals surface area contributed by atoms with Crippen molar-refractivity contribution in [2.24, 2.45) is 0 Å². The largest absolute Gasteiger partial charge is 0.478 e. The highest BCUT2D eigenvalue weighted by molar-refractivity contribution is 5.78. The van der Waals surface area contributed by atoms with Gasteiger partial charge in [0, 0.05) is 44.4 Å². The van der Waals surface area contributed by atoms with Crippen LogP contribution in [0, 0.1) is 0 Å². The van der Waals surface area contributed by atoms with E-state index in [4.69, 9.17) is 4.74 Å². The lowest BCUT2D eigenvalue weighted by Gasteiger charge is -2.38. The number of likely N-dealkylation sites (tertiary alicyclic amines) is 1. The van der Waals surface area contributed by atoms with Crippen molar-refractivity contribution in [1.82, 2.24) is 14.9 Å². The first-order chi connectivity index (χ1) is 12.1. The van der Waals surface area contributed by atoms with E-state index in [1.54, 1.807) is 12.5 Å². The number of imidazole rings is 1. The SMILES string of the molecule is O=C(O)C1(Oc2ccc3c(c2)CCC3)CCN(Cc2cnc[nH]2)CC1. The van der Waals surface area contributed by atoms with Crippen LogP contribution in [0.2, 0.25) is 0 Å². The molecule has 0 spiro atoms. The van der Waals surface area contributed by atoms with Gasteiger partial charge in [-0.3, -0.25) is 4.90 Å². The number of fused-ring (bicyclic) bond motifs is 1. The number of aryl methyl sites for hydroxylation is 2. The van der Waals surface area contributed by atoms with Crippen molar-refractivity contribution in [3.05, 3.63) is 47.5 Å². The van der Waals surface area contributed by atoms with Crippen LogP contribution in [0.25, 0.3) is 0 Å². The Kier molecular flexibility index (Phi) is 4.21. The van der Waals surface area contributed by atoms with Crippen molar-refractivity contribution < 1.29 is 14.6 Å². The van der Waals surface area contributed by atoms with Gasteiger partial charge >= 0.3 is 5.97 Å². The minimum atomic E-state index is -1.13. The van der Waals surface area contributed by atoms with Crippen molar-refractivity contribution in [1.29, 1.82) is 0 Å². The lowest BCUT2D eigenvalue weighted by Crippen LogP contribution is -2.53. The van der Waals surface area contributed by atoms with Crippen molar-refractivity contribution in [3.63, 3.8) is 0 Å². The number of piperidine rings is 1. The number of ether oxygens (including phenoxy) is 1. The van der Waals surface area contributed by atoms with E-state index >= 15 is 0 Å². The second kappa shape index (κ2) is 6.52. The lowest BCUT2D eigenvalue weighted by atomic mass is 9.91. The highest BCUT2D eigenvalue weighted by atomic mass is 16.5. The second-order valence-corrected chi connectivity index (χ2v) is 7.04. The molecule has 4 rings (SSSR count). The second-order valence-electron chi connectivity index (χ2n) is 7.04. The Balaban J connectivity index is 1.45. The van der Waals surface area contributed by atoms with Crippen LogP contribution in [0.1, 0.15) is 36.1 Å². The average Bonchev–Trinajstić information content (AvgIpc) is 3.27. The van der Waals surface area contributed by atoms with Gasteiger partial charge in [-0.25, -0.2) is 9.78 Å². The van der Waals surface area contributed by atoms with E-state index in [1.165, 1.54) is 17.5 Å². The summed E-state index contributed by atoms with van der Waals surface area (Å²) in [6.45, 7) is 2.14. The Hall–Kier alpha value is -2.34. The van der Waals surface area contributed by atoms with Crippen LogP contribution in [0.4, 0.5) is 0 Å². The van der Waals surface area contributed by atoms with Crippen LogP contribution in [0.3, 0.4) is 0 Å². The summed E-state index contributed by atoms with van der Waals surface area (Å²) in [6, 6.07) is 6.04. The molecule has 1 aliphatic carbocycles. The van der Waals surface area contributed by atoms with Crippen molar-refractivity contribution >= 4 is 5.97 Å². The summed E-state index contributed by atoms with van der Waals surface area (Å²) in [5.41, 5.74) is 2.58. The van der Waals surface area contributed by atoms with Crippen molar-refractivity contribution in [3.8, 4) is 5.75 Å². The molecule has 2 heterocycles. The first-order valence-corrected chi connectivity index (χ1v) is 8.88. The third-order valence-corrected chi connectivity index (χ3v) is 5.39. The Morgan fingerprint density at radius 2 is 2.08 bits per heavy atom. The lowest BCUT2D eigenvalue weighted by molar-refractivity contribution is -0.159. The molecule has 25 heavy (non-hydrogen) atoms. The zero-order chi connectivity index (χ0) is 17.3. The topological polar surface area (TPSA) is 78.5 Å². The number of nitrogens with zero attached hydrogens (tertiary/aromatic N) is 2. The average molecular weight is 341 g/mol. The van der Waals surface area contributed by atoms with Gasteiger partial charge in [-0.1, -0.05) is 6.07 Å². The van der Waals surface area contributed by atoms with E-state index in [2.05, 4.69) is 20.9 Å². The molecule has 0 amide bonds. The number of H-pyrrole nitrogens is 1. The Labute approximate surface area is 146 Å². The number of carboxylic acid groups (broad SMARTS) is 1. The highest BCUT2D eigenvalue weighted by Gasteiger charge is 2.44. The third-order valence-electron chi connectivity index (χ3n) is 5.39. The first kappa shape index (κ1) is 16.1. The van der Waals surface area contributed by atoms with Gasteiger partial charge in [-0.05, 0) is 42.5 Å². The summed E-state index contributed by atoms with van der Waals surface area (Å²) >= 11 is 0. The van der Waals surface area contributed by atoms with Gasteiger partial charge in [-0.15, -0.1) is 0 Å². The van der Waals surface area contributed by atoms with Crippen LogP contribution in [-0.4, -0.2) is 44.6 Å². The molecule has 2 aliphatic rings. The van der Waals surface area contributed by atoms with Crippen LogP contribution < -0.4 is 4.74 Å². The van der Waals surface area contributed by atoms with E-state index in [9.17, 15) is 9.90 Å². The number of carbonyl (C=O) groups is 1. The molecule has 0 atom stereocenters. The molecule has 1 fully saturated rings. The minimum Gasteiger partial charge on any atom is -0.478 e. The molecule has 1 aromatic heterocycles. The molecule has 132 valence electrons. The van der Waals surface area contributed by atoms with Gasteiger partial charge in [0.15, 0.2) is 0 Å². The fourth-order valence-corrected chi connectivity index (χ4v) is 3.88. The number of carboxylic acids is 1. The maximum absolute atomic E-state index is 12.0. The Morgan fingerprint density at radius 1 is 1.28 bits per heavy atom. The molecule has 1 aromatic carbocycles. The molecule has 1 aliphatic heterocycles. The van der Waals surface area contributed by atoms with Crippen LogP contribution >= 0.6 is 0 Å². The van der Waals surface area contributed by atoms with Gasteiger partial charge in [0.2, 0.25) is 5.60 Å². The van der Waals surface area contributed by atoms with E-state index in [-0.39, 0.29) is 0 Å². The Morgan fingerprint density at radius 3 is 2.80 bits per heavy atom. The summed E-state index contributed by atoms with van der Waals surface area (Å²) in [5.74, 6) is -0.181. The highest BCUT2D eigenvalue weighted by Crippen LogP contribution is 2.32. The van der Waals surface area contributed by atoms with Gasteiger partial charge in [-0.2, -0.15) is 0 Å². The number of aromatic amines is 1. The molecular formula is C19H23N3O3. The molecule has 1 saturated heterocycles. The summed E-state index contributed by atoms with van der Waals surface area (Å²) in [6.07, 6.45) is 7.78. The predicted molar refractivity (Wildman–Crippen MR) is 92.6 cm³/mol. The minimum absolute atomic E-state index is 0.480. The van der Waals surface area contributed by atoms with Crippen LogP contribution in [0.15, 0.2) is 30.7 Å². The van der Waals surface area contributed by atoms with E-state index < -0.39 is 11.6 Å². The number of rotatable bonds is 5. The summed E-state index contributed by atoms with van der Waals surface area (Å²) < 4.78 is 6.07. The zero-order valence-electron chi connectivity index (χ0n) is 14.2. The van der Waals surface area contributed by atoms with Gasteiger partial charge in [0.25, 0.3) is 0 Å². The fraction of sp³-hybridized carbons (Fsp3) is 0.474. The fourth-order valence-electron chi connectivity index (χ4n) is 3.88. The van der Waals surface area contributed by atoms with Crippen molar-refractivity contribution in [2.45, 2.75) is 44.2 Å². The number of benzene rings is 1. The predicted octanol–water partition coefficient (Wildman–Crippen LogP) is 2.40. The third kappa shape index (κ3) is 3.26. The zero-order valence-corrected chi connectivity index (χ0v) is 14.2. The molecule has 2 N–H and O–H groups in total. The summed E-state index contributed by atoms with van der Waals surface area (Å²) in [7, 11) is 0. The quantitative estimate of drug-likeness (QED) is 0.873. The number of hydrogen-bond acceptors (Lipinski definition) is 4. The summed E-state index contributed by atoms with van der Waals surface area (Å²) in [5, 5.41) is 9.83. The van der Waals surface area contributed by atoms with Crippen molar-refractivity contribution in [2.75, 3.05) is 13.1 Å². The van der Waals surface area contributed by atoms with Gasteiger partial charge in [0.05, 0.1) is 6.33 Å². The van der Waals surface area contributed by atoms with E-state index in [0.29, 0.717) is 31.7 Å². The standard InChI is InChI=1S/C19H23N3O3/c23-18(24)19(25-17-5-4-14-2-1-3-15(14)10-17)6-8-22(9-7-19)12-16-11-20-13-21-16/h4-5,10-11,13H,1-3,6-9,12H2,(H,20,21)(H,23,24). The number of nitrogens with one attached hydrogen (secondary N) is 1. The van der Waals surface area contributed by atoms with Gasteiger partial charge in [0.1, 0.15) is 5.75 Å². The molecule has 6 nitrogen and oxygen atoms in total. The van der Waals surface area contributed by atoms with Crippen LogP contribution in [-0.2, 0) is 24.2 Å². The molecular weight excluding hydrogens is 318 g/mol. The summed E-state index contributed by atoms with van der Waals surface area (Å²) in [4.78, 5) is 21.3. The van der Waals surface area contributed by atoms with E-state index in [0.717, 1.165) is 25.1 Å². The maximum Gasteiger partial charge on any atom is 0.348 e. The molecule has 0 bridgehead atoms. The normalized spacial score (nSPS) is 19.5. The monoisotopic (exact) mass is 341 g/mol. The first-order valence-electron chi connectivity index (χ1n) is 8.88.